The maximum absolute atomic E-state index is 14.2. The lowest BCUT2D eigenvalue weighted by Crippen LogP contribution is -2.65. The summed E-state index contributed by atoms with van der Waals surface area (Å²) < 4.78 is 45.6. The molecule has 298 valence electrons. The molecule has 3 saturated heterocycles. The first-order valence-corrected chi connectivity index (χ1v) is 16.8. The minimum atomic E-state index is -2.02. The predicted molar refractivity (Wildman–Crippen MR) is 176 cm³/mol. The van der Waals surface area contributed by atoms with Gasteiger partial charge < -0.3 is 93.7 Å². The lowest BCUT2D eigenvalue weighted by atomic mass is 9.97. The summed E-state index contributed by atoms with van der Waals surface area (Å²) in [5.74, 6) is -2.63. The molecule has 20 nitrogen and oxygen atoms in total. The summed E-state index contributed by atoms with van der Waals surface area (Å²) in [6.45, 7) is 2.09. The van der Waals surface area contributed by atoms with Gasteiger partial charge in [0.2, 0.25) is 17.5 Å². The van der Waals surface area contributed by atoms with E-state index in [-0.39, 0.29) is 28.4 Å². The van der Waals surface area contributed by atoms with Crippen molar-refractivity contribution in [1.29, 1.82) is 0 Å². The summed E-state index contributed by atoms with van der Waals surface area (Å²) in [4.78, 5) is 14.2. The van der Waals surface area contributed by atoms with Crippen LogP contribution in [-0.2, 0) is 23.7 Å². The predicted octanol–water partition coefficient (Wildman–Crippen LogP) is -2.53. The number of methoxy groups -OCH3 is 1. The van der Waals surface area contributed by atoms with Crippen LogP contribution in [0, 0.1) is 0 Å². The Bertz CT molecular complexity index is 1850. The van der Waals surface area contributed by atoms with Crippen LogP contribution in [0.25, 0.3) is 22.3 Å². The van der Waals surface area contributed by atoms with Crippen molar-refractivity contribution in [2.45, 2.75) is 106 Å². The van der Waals surface area contributed by atoms with Crippen molar-refractivity contribution < 1.29 is 93.7 Å². The molecule has 0 aliphatic carbocycles. The van der Waals surface area contributed by atoms with Crippen molar-refractivity contribution in [3.05, 3.63) is 40.6 Å². The standard InChI is InChI=1S/C34H42O20/c1-10-20(38)24(42)27(45)32(49-10)48-9-18-22(40)26(44)31(54-33-28(46)25(43)21(39)11(2)50-33)34(52-18)53-30-23(41)19-15(37)7-13(35)8-17(19)51-29(30)12-4-5-14(36)16(6-12)47-3/h4-8,10-11,18,20-22,24-28,31-40,42-46H,9H2,1-3H3. The molecule has 6 rings (SSSR count). The second-order valence-electron chi connectivity index (χ2n) is 13.3. The Morgan fingerprint density at radius 3 is 1.96 bits per heavy atom. The number of benzene rings is 2. The number of rotatable bonds is 9. The SMILES string of the molecule is COc1cc(-c2oc3cc(O)cc(O)c3c(=O)c2OC2OC(COC3OC(C)C(O)C(O)C3O)C(O)C(O)C2OC2OC(C)C(O)C(O)C2O)ccc1O. The maximum atomic E-state index is 14.2. The van der Waals surface area contributed by atoms with E-state index in [1.54, 1.807) is 0 Å². The number of phenolic OH excluding ortho intramolecular Hbond substituents is 3. The largest absolute Gasteiger partial charge is 0.508 e. The highest BCUT2D eigenvalue weighted by Crippen LogP contribution is 2.40. The average Bonchev–Trinajstić information content (AvgIpc) is 3.13. The summed E-state index contributed by atoms with van der Waals surface area (Å²) in [6.07, 6.45) is -24.9. The molecule has 3 aliphatic rings. The number of aliphatic hydroxyl groups excluding tert-OH is 8. The number of ether oxygens (including phenoxy) is 7. The van der Waals surface area contributed by atoms with Gasteiger partial charge in [-0.2, -0.15) is 0 Å². The minimum Gasteiger partial charge on any atom is -0.508 e. The third kappa shape index (κ3) is 7.41. The van der Waals surface area contributed by atoms with Crippen LogP contribution in [0.5, 0.6) is 28.7 Å². The second-order valence-corrected chi connectivity index (χ2v) is 13.3. The molecule has 3 aliphatic heterocycles. The molecule has 0 radical (unpaired) electrons. The van der Waals surface area contributed by atoms with Crippen LogP contribution >= 0.6 is 0 Å². The normalized spacial score (nSPS) is 37.3. The zero-order chi connectivity index (χ0) is 39.3. The molecule has 11 N–H and O–H groups in total. The molecule has 3 aromatic rings. The van der Waals surface area contributed by atoms with E-state index in [1.165, 1.54) is 39.2 Å². The fourth-order valence-corrected chi connectivity index (χ4v) is 6.40. The molecule has 54 heavy (non-hydrogen) atoms. The van der Waals surface area contributed by atoms with E-state index in [2.05, 4.69) is 0 Å². The molecule has 0 saturated carbocycles. The quantitative estimate of drug-likeness (QED) is 0.107. The van der Waals surface area contributed by atoms with Crippen LogP contribution in [0.15, 0.2) is 39.5 Å². The fourth-order valence-electron chi connectivity index (χ4n) is 6.40. The van der Waals surface area contributed by atoms with Crippen LogP contribution in [0.2, 0.25) is 0 Å². The van der Waals surface area contributed by atoms with Gasteiger partial charge in [0.15, 0.2) is 35.9 Å². The van der Waals surface area contributed by atoms with Crippen molar-refractivity contribution in [3.8, 4) is 40.1 Å². The minimum absolute atomic E-state index is 0.0468. The first-order valence-electron chi connectivity index (χ1n) is 16.8. The number of aliphatic hydroxyl groups is 8. The van der Waals surface area contributed by atoms with Gasteiger partial charge in [-0.1, -0.05) is 0 Å². The van der Waals surface area contributed by atoms with E-state index in [1.807, 2.05) is 0 Å². The van der Waals surface area contributed by atoms with Gasteiger partial charge in [0, 0.05) is 17.7 Å². The molecular weight excluding hydrogens is 728 g/mol. The molecule has 0 bridgehead atoms. The highest BCUT2D eigenvalue weighted by atomic mass is 16.8. The number of fused-ring (bicyclic) bond motifs is 1. The van der Waals surface area contributed by atoms with Crippen molar-refractivity contribution in [3.63, 3.8) is 0 Å². The molecule has 15 atom stereocenters. The number of aromatic hydroxyl groups is 3. The van der Waals surface area contributed by atoms with Gasteiger partial charge in [-0.25, -0.2) is 0 Å². The van der Waals surface area contributed by atoms with Crippen molar-refractivity contribution in [1.82, 2.24) is 0 Å². The molecule has 0 spiro atoms. The van der Waals surface area contributed by atoms with E-state index in [4.69, 9.17) is 37.6 Å². The number of phenols is 3. The third-order valence-corrected chi connectivity index (χ3v) is 9.57. The van der Waals surface area contributed by atoms with Gasteiger partial charge in [-0.3, -0.25) is 4.79 Å². The Morgan fingerprint density at radius 1 is 0.685 bits per heavy atom. The van der Waals surface area contributed by atoms with Gasteiger partial charge >= 0.3 is 0 Å². The Morgan fingerprint density at radius 2 is 1.31 bits per heavy atom. The Balaban J connectivity index is 1.41. The van der Waals surface area contributed by atoms with Crippen LogP contribution in [-0.4, -0.2) is 162 Å². The van der Waals surface area contributed by atoms with Crippen molar-refractivity contribution >= 4 is 11.0 Å². The molecule has 1 aromatic heterocycles. The van der Waals surface area contributed by atoms with Crippen LogP contribution in [0.1, 0.15) is 13.8 Å². The van der Waals surface area contributed by atoms with Crippen LogP contribution in [0.4, 0.5) is 0 Å². The number of hydrogen-bond acceptors (Lipinski definition) is 20. The van der Waals surface area contributed by atoms with Gasteiger partial charge in [0.05, 0.1) is 25.9 Å². The second kappa shape index (κ2) is 15.7. The summed E-state index contributed by atoms with van der Waals surface area (Å²) >= 11 is 0. The first kappa shape index (κ1) is 39.8. The molecule has 3 fully saturated rings. The Kier molecular flexibility index (Phi) is 11.6. The number of hydrogen-bond donors (Lipinski definition) is 11. The first-order chi connectivity index (χ1) is 25.5. The Hall–Kier alpha value is -3.87. The fraction of sp³-hybridized carbons (Fsp3) is 0.559. The van der Waals surface area contributed by atoms with Crippen LogP contribution < -0.4 is 14.9 Å². The summed E-state index contributed by atoms with van der Waals surface area (Å²) in [5, 5.41) is 115. The third-order valence-electron chi connectivity index (χ3n) is 9.57. The smallest absolute Gasteiger partial charge is 0.239 e. The van der Waals surface area contributed by atoms with Crippen molar-refractivity contribution in [2.24, 2.45) is 0 Å². The van der Waals surface area contributed by atoms with Gasteiger partial charge in [0.25, 0.3) is 0 Å². The molecule has 20 heteroatoms. The summed E-state index contributed by atoms with van der Waals surface area (Å²) in [7, 11) is 1.26. The monoisotopic (exact) mass is 770 g/mol. The van der Waals surface area contributed by atoms with Gasteiger partial charge in [-0.15, -0.1) is 0 Å². The van der Waals surface area contributed by atoms with Gasteiger partial charge in [-0.05, 0) is 32.0 Å². The molecule has 0 amide bonds. The van der Waals surface area contributed by atoms with Crippen molar-refractivity contribution in [2.75, 3.05) is 13.7 Å². The molecular formula is C34H42O20. The topological polar surface area (TPSA) is 317 Å². The molecule has 4 heterocycles. The van der Waals surface area contributed by atoms with E-state index in [9.17, 15) is 61.0 Å². The average molecular weight is 771 g/mol. The zero-order valence-electron chi connectivity index (χ0n) is 28.8. The van der Waals surface area contributed by atoms with E-state index >= 15 is 0 Å². The Labute approximate surface area is 305 Å². The summed E-state index contributed by atoms with van der Waals surface area (Å²) in [6, 6.07) is 5.69. The van der Waals surface area contributed by atoms with E-state index < -0.39 is 127 Å². The highest BCUT2D eigenvalue weighted by Gasteiger charge is 2.52. The zero-order valence-corrected chi connectivity index (χ0v) is 28.8. The van der Waals surface area contributed by atoms with E-state index in [0.717, 1.165) is 12.1 Å². The lowest BCUT2D eigenvalue weighted by Gasteiger charge is -2.46. The van der Waals surface area contributed by atoms with Gasteiger partial charge in [0.1, 0.15) is 77.4 Å². The molecule has 2 aromatic carbocycles. The van der Waals surface area contributed by atoms with Crippen LogP contribution in [0.3, 0.4) is 0 Å². The maximum Gasteiger partial charge on any atom is 0.239 e. The lowest BCUT2D eigenvalue weighted by molar-refractivity contribution is -0.360. The molecule has 15 unspecified atom stereocenters. The highest BCUT2D eigenvalue weighted by molar-refractivity contribution is 5.88. The van der Waals surface area contributed by atoms with E-state index in [0.29, 0.717) is 0 Å². The summed E-state index contributed by atoms with van der Waals surface area (Å²) in [5.41, 5.74) is -1.31.